The van der Waals surface area contributed by atoms with E-state index >= 15 is 0 Å². The van der Waals surface area contributed by atoms with Gasteiger partial charge in [0.1, 0.15) is 0 Å². The molecule has 0 radical (unpaired) electrons. The summed E-state index contributed by atoms with van der Waals surface area (Å²) in [6.45, 7) is 0.364. The molecule has 0 aliphatic carbocycles. The Kier molecular flexibility index (Phi) is 4.58. The molecule has 1 amide bonds. The summed E-state index contributed by atoms with van der Waals surface area (Å²) in [5.41, 5.74) is 7.63. The zero-order valence-electron chi connectivity index (χ0n) is 9.99. The van der Waals surface area contributed by atoms with E-state index < -0.39 is 0 Å². The number of rotatable bonds is 3. The van der Waals surface area contributed by atoms with Crippen molar-refractivity contribution in [3.63, 3.8) is 0 Å². The second kappa shape index (κ2) is 6.19. The first-order valence-corrected chi connectivity index (χ1v) is 6.84. The smallest absolute Gasteiger partial charge is 0.257 e. The highest BCUT2D eigenvalue weighted by Crippen LogP contribution is 2.27. The summed E-state index contributed by atoms with van der Waals surface area (Å²) in [5.74, 6) is -0.257. The fourth-order valence-electron chi connectivity index (χ4n) is 1.69. The van der Waals surface area contributed by atoms with Gasteiger partial charge in [-0.3, -0.25) is 4.79 Å². The quantitative estimate of drug-likeness (QED) is 0.893. The number of hydrogen-bond acceptors (Lipinski definition) is 2. The van der Waals surface area contributed by atoms with Crippen LogP contribution in [-0.4, -0.2) is 5.91 Å². The maximum atomic E-state index is 12.2. The van der Waals surface area contributed by atoms with E-state index in [9.17, 15) is 4.79 Å². The Morgan fingerprint density at radius 1 is 1.21 bits per heavy atom. The van der Waals surface area contributed by atoms with E-state index in [0.29, 0.717) is 27.3 Å². The molecule has 5 heteroatoms. The zero-order chi connectivity index (χ0) is 13.8. The summed E-state index contributed by atoms with van der Waals surface area (Å²) in [6.07, 6.45) is 0. The van der Waals surface area contributed by atoms with Crippen LogP contribution in [0.15, 0.2) is 46.9 Å². The van der Waals surface area contributed by atoms with Crippen molar-refractivity contribution >= 4 is 39.1 Å². The highest BCUT2D eigenvalue weighted by Gasteiger charge is 2.13. The Bertz CT molecular complexity index is 616. The van der Waals surface area contributed by atoms with E-state index in [1.54, 1.807) is 18.2 Å². The molecular formula is C14H12BrClN2O. The van der Waals surface area contributed by atoms with Crippen molar-refractivity contribution in [2.45, 2.75) is 6.54 Å². The normalized spacial score (nSPS) is 10.3. The number of amides is 1. The summed E-state index contributed by atoms with van der Waals surface area (Å²) in [4.78, 5) is 12.2. The monoisotopic (exact) mass is 338 g/mol. The molecule has 0 aliphatic rings. The van der Waals surface area contributed by atoms with Gasteiger partial charge < -0.3 is 11.1 Å². The third-order valence-electron chi connectivity index (χ3n) is 2.68. The second-order valence-corrected chi connectivity index (χ2v) is 5.15. The van der Waals surface area contributed by atoms with E-state index in [4.69, 9.17) is 17.3 Å². The molecule has 0 fully saturated rings. The van der Waals surface area contributed by atoms with Crippen molar-refractivity contribution < 1.29 is 4.79 Å². The van der Waals surface area contributed by atoms with Gasteiger partial charge in [-0.05, 0) is 39.7 Å². The number of anilines is 1. The summed E-state index contributed by atoms with van der Waals surface area (Å²) in [6, 6.07) is 12.6. The van der Waals surface area contributed by atoms with Gasteiger partial charge in [0.05, 0.1) is 10.6 Å². The summed E-state index contributed by atoms with van der Waals surface area (Å²) in [7, 11) is 0. The third-order valence-corrected chi connectivity index (χ3v) is 3.98. The summed E-state index contributed by atoms with van der Waals surface area (Å²) >= 11 is 9.39. The molecule has 0 saturated heterocycles. The molecule has 2 rings (SSSR count). The van der Waals surface area contributed by atoms with Crippen LogP contribution in [-0.2, 0) is 6.54 Å². The molecule has 0 saturated carbocycles. The molecule has 0 atom stereocenters. The Hall–Kier alpha value is -1.36. The fraction of sp³-hybridized carbons (Fsp3) is 0.0714. The van der Waals surface area contributed by atoms with Gasteiger partial charge in [0.15, 0.2) is 0 Å². The van der Waals surface area contributed by atoms with Crippen LogP contribution in [0.4, 0.5) is 5.69 Å². The molecule has 0 heterocycles. The van der Waals surface area contributed by atoms with E-state index in [-0.39, 0.29) is 5.91 Å². The lowest BCUT2D eigenvalue weighted by Crippen LogP contribution is -2.14. The number of halogens is 2. The first kappa shape index (κ1) is 14.1. The molecule has 0 bridgehead atoms. The highest BCUT2D eigenvalue weighted by atomic mass is 79.9. The molecule has 3 N–H and O–H groups in total. The summed E-state index contributed by atoms with van der Waals surface area (Å²) < 4.78 is 0.689. The van der Waals surface area contributed by atoms with Gasteiger partial charge in [-0.25, -0.2) is 0 Å². The maximum Gasteiger partial charge on any atom is 0.257 e. The van der Waals surface area contributed by atoms with Crippen LogP contribution in [0.25, 0.3) is 0 Å². The largest absolute Gasteiger partial charge is 0.326 e. The zero-order valence-corrected chi connectivity index (χ0v) is 12.3. The SMILES string of the molecule is NCc1ccccc1NC(=O)c1cccc(Br)c1Cl. The lowest BCUT2D eigenvalue weighted by molar-refractivity contribution is 0.102. The van der Waals surface area contributed by atoms with Crippen LogP contribution < -0.4 is 11.1 Å². The van der Waals surface area contributed by atoms with Gasteiger partial charge >= 0.3 is 0 Å². The molecule has 0 aliphatic heterocycles. The van der Waals surface area contributed by atoms with Crippen molar-refractivity contribution in [1.29, 1.82) is 0 Å². The third kappa shape index (κ3) is 3.15. The molecule has 19 heavy (non-hydrogen) atoms. The minimum atomic E-state index is -0.257. The number of hydrogen-bond donors (Lipinski definition) is 2. The summed E-state index contributed by atoms with van der Waals surface area (Å²) in [5, 5.41) is 3.22. The van der Waals surface area contributed by atoms with Gasteiger partial charge in [-0.15, -0.1) is 0 Å². The number of carbonyl (C=O) groups excluding carboxylic acids is 1. The molecule has 98 valence electrons. The Morgan fingerprint density at radius 3 is 2.68 bits per heavy atom. The highest BCUT2D eigenvalue weighted by molar-refractivity contribution is 9.10. The van der Waals surface area contributed by atoms with Gasteiger partial charge in [0, 0.05) is 16.7 Å². The van der Waals surface area contributed by atoms with Gasteiger partial charge in [-0.2, -0.15) is 0 Å². The molecule has 0 aromatic heterocycles. The number of benzene rings is 2. The first-order valence-electron chi connectivity index (χ1n) is 5.67. The van der Waals surface area contributed by atoms with Crippen LogP contribution in [0.3, 0.4) is 0 Å². The number of nitrogens with two attached hydrogens (primary N) is 1. The molecule has 0 spiro atoms. The van der Waals surface area contributed by atoms with Crippen molar-refractivity contribution in [3.8, 4) is 0 Å². The predicted octanol–water partition coefficient (Wildman–Crippen LogP) is 3.81. The van der Waals surface area contributed by atoms with Crippen molar-refractivity contribution in [3.05, 3.63) is 63.1 Å². The lowest BCUT2D eigenvalue weighted by Gasteiger charge is -2.10. The van der Waals surface area contributed by atoms with Gasteiger partial charge in [0.25, 0.3) is 5.91 Å². The first-order chi connectivity index (χ1) is 9.13. The number of carbonyl (C=O) groups is 1. The van der Waals surface area contributed by atoms with Gasteiger partial charge in [-0.1, -0.05) is 35.9 Å². The van der Waals surface area contributed by atoms with Crippen LogP contribution in [0, 0.1) is 0 Å². The minimum absolute atomic E-state index is 0.257. The standard InChI is InChI=1S/C14H12BrClN2O/c15-11-6-3-5-10(13(11)16)14(19)18-12-7-2-1-4-9(12)8-17/h1-7H,8,17H2,(H,18,19). The van der Waals surface area contributed by atoms with Crippen molar-refractivity contribution in [1.82, 2.24) is 0 Å². The van der Waals surface area contributed by atoms with E-state index in [0.717, 1.165) is 5.56 Å². The predicted molar refractivity (Wildman–Crippen MR) is 81.4 cm³/mol. The minimum Gasteiger partial charge on any atom is -0.326 e. The lowest BCUT2D eigenvalue weighted by atomic mass is 10.1. The average molecular weight is 340 g/mol. The Labute approximate surface area is 124 Å². The van der Waals surface area contributed by atoms with Crippen molar-refractivity contribution in [2.75, 3.05) is 5.32 Å². The maximum absolute atomic E-state index is 12.2. The molecule has 2 aromatic carbocycles. The van der Waals surface area contributed by atoms with Crippen LogP contribution in [0.5, 0.6) is 0 Å². The van der Waals surface area contributed by atoms with Crippen LogP contribution >= 0.6 is 27.5 Å². The Morgan fingerprint density at radius 2 is 1.95 bits per heavy atom. The number of para-hydroxylation sites is 1. The molecule has 2 aromatic rings. The van der Waals surface area contributed by atoms with Crippen molar-refractivity contribution in [2.24, 2.45) is 5.73 Å². The van der Waals surface area contributed by atoms with Gasteiger partial charge in [0.2, 0.25) is 0 Å². The van der Waals surface area contributed by atoms with Crippen LogP contribution in [0.1, 0.15) is 15.9 Å². The second-order valence-electron chi connectivity index (χ2n) is 3.92. The van der Waals surface area contributed by atoms with E-state index in [2.05, 4.69) is 21.2 Å². The fourth-order valence-corrected chi connectivity index (χ4v) is 2.27. The number of nitrogens with one attached hydrogen (secondary N) is 1. The molecule has 0 unspecified atom stereocenters. The average Bonchev–Trinajstić information content (AvgIpc) is 2.42. The van der Waals surface area contributed by atoms with E-state index in [1.165, 1.54) is 0 Å². The van der Waals surface area contributed by atoms with E-state index in [1.807, 2.05) is 24.3 Å². The Balaban J connectivity index is 2.28. The topological polar surface area (TPSA) is 55.1 Å². The molecule has 3 nitrogen and oxygen atoms in total. The molecular weight excluding hydrogens is 328 g/mol. The van der Waals surface area contributed by atoms with Crippen LogP contribution in [0.2, 0.25) is 5.02 Å².